The number of fused-ring (bicyclic) bond motifs is 4. The molecule has 0 aliphatic rings. The van der Waals surface area contributed by atoms with Crippen molar-refractivity contribution in [2.24, 2.45) is 0 Å². The molecule has 1 N–H and O–H groups in total. The van der Waals surface area contributed by atoms with Gasteiger partial charge in [0.1, 0.15) is 0 Å². The van der Waals surface area contributed by atoms with E-state index in [1.807, 2.05) is 36.4 Å². The summed E-state index contributed by atoms with van der Waals surface area (Å²) in [6.45, 7) is 0. The number of nitrogens with one attached hydrogen (secondary N) is 1. The summed E-state index contributed by atoms with van der Waals surface area (Å²) in [7, 11) is 0. The van der Waals surface area contributed by atoms with Crippen molar-refractivity contribution >= 4 is 43.4 Å². The van der Waals surface area contributed by atoms with Crippen molar-refractivity contribution < 1.29 is 0 Å². The topological polar surface area (TPSA) is 102 Å². The van der Waals surface area contributed by atoms with E-state index in [2.05, 4.69) is 9.97 Å². The lowest BCUT2D eigenvalue weighted by atomic mass is 10.1. The van der Waals surface area contributed by atoms with E-state index in [4.69, 9.17) is 0 Å². The third-order valence-corrected chi connectivity index (χ3v) is 5.50. The lowest BCUT2D eigenvalue weighted by Crippen LogP contribution is -2.23. The fourth-order valence-corrected chi connectivity index (χ4v) is 4.03. The Morgan fingerprint density at radius 2 is 1.27 bits per heavy atom. The third-order valence-electron chi connectivity index (χ3n) is 5.50. The van der Waals surface area contributed by atoms with Gasteiger partial charge in [0.25, 0.3) is 22.2 Å². The van der Waals surface area contributed by atoms with E-state index < -0.39 is 22.2 Å². The van der Waals surface area contributed by atoms with E-state index >= 15 is 0 Å². The van der Waals surface area contributed by atoms with E-state index in [1.165, 1.54) is 12.1 Å². The summed E-state index contributed by atoms with van der Waals surface area (Å²) >= 11 is 0. The highest BCUT2D eigenvalue weighted by molar-refractivity contribution is 5.98. The first kappa shape index (κ1) is 16.6. The first-order valence-corrected chi connectivity index (χ1v) is 9.23. The zero-order valence-corrected chi connectivity index (χ0v) is 15.3. The maximum atomic E-state index is 13.0. The maximum Gasteiger partial charge on any atom is 0.266 e. The fraction of sp³-hybridized carbons (Fsp3) is 0. The Morgan fingerprint density at radius 3 is 1.97 bits per heavy atom. The van der Waals surface area contributed by atoms with E-state index in [0.29, 0.717) is 11.2 Å². The van der Waals surface area contributed by atoms with Crippen LogP contribution in [0.4, 0.5) is 0 Å². The van der Waals surface area contributed by atoms with Crippen LogP contribution in [0.25, 0.3) is 49.0 Å². The average Bonchev–Trinajstić information content (AvgIpc) is 3.17. The van der Waals surface area contributed by atoms with Gasteiger partial charge in [-0.2, -0.15) is 0 Å². The Hall–Kier alpha value is -4.39. The van der Waals surface area contributed by atoms with Crippen LogP contribution < -0.4 is 22.2 Å². The van der Waals surface area contributed by atoms with Gasteiger partial charge in [-0.25, -0.2) is 9.55 Å². The molecular formula is C23H11N3O4. The molecule has 0 bridgehead atoms. The van der Waals surface area contributed by atoms with E-state index in [0.717, 1.165) is 20.9 Å². The molecule has 142 valence electrons. The molecule has 0 radical (unpaired) electrons. The Morgan fingerprint density at radius 1 is 0.633 bits per heavy atom. The molecular weight excluding hydrogens is 382 g/mol. The van der Waals surface area contributed by atoms with Gasteiger partial charge in [-0.15, -0.1) is 0 Å². The molecule has 7 heteroatoms. The van der Waals surface area contributed by atoms with E-state index in [-0.39, 0.29) is 21.5 Å². The maximum absolute atomic E-state index is 13.0. The van der Waals surface area contributed by atoms with Gasteiger partial charge in [0.2, 0.25) is 0 Å². The first-order valence-electron chi connectivity index (χ1n) is 9.23. The Labute approximate surface area is 166 Å². The minimum absolute atomic E-state index is 0.105. The monoisotopic (exact) mass is 393 g/mol. The standard InChI is InChI=1S/C23H11N3O4/c27-20-14-9-16-17(10-15(14)21(28)25-20)23(30)26(22(16)29)13-6-5-12-7-11-3-1-2-4-18(11)24-19(12)8-13/h1-10H,(H,25,27,28). The molecule has 3 aromatic carbocycles. The van der Waals surface area contributed by atoms with Crippen LogP contribution in [0, 0.1) is 0 Å². The van der Waals surface area contributed by atoms with Crippen molar-refractivity contribution in [2.45, 2.75) is 0 Å². The molecule has 0 amide bonds. The van der Waals surface area contributed by atoms with Crippen LogP contribution in [0.2, 0.25) is 0 Å². The number of aromatic amines is 1. The van der Waals surface area contributed by atoms with Crippen LogP contribution in [0.15, 0.2) is 79.8 Å². The van der Waals surface area contributed by atoms with E-state index in [1.54, 1.807) is 12.1 Å². The highest BCUT2D eigenvalue weighted by Gasteiger charge is 2.18. The summed E-state index contributed by atoms with van der Waals surface area (Å²) in [6, 6.07) is 17.5. The normalized spacial score (nSPS) is 11.9. The number of benzene rings is 3. The van der Waals surface area contributed by atoms with Gasteiger partial charge in [0, 0.05) is 10.8 Å². The van der Waals surface area contributed by atoms with Gasteiger partial charge in [0.05, 0.1) is 38.3 Å². The molecule has 0 saturated heterocycles. The first-order chi connectivity index (χ1) is 14.5. The third kappa shape index (κ3) is 2.11. The average molecular weight is 393 g/mol. The van der Waals surface area contributed by atoms with Crippen LogP contribution in [0.5, 0.6) is 0 Å². The molecule has 6 rings (SSSR count). The number of pyridine rings is 1. The molecule has 0 saturated carbocycles. The Kier molecular flexibility index (Phi) is 3.08. The minimum atomic E-state index is -0.571. The molecule has 6 aromatic rings. The molecule has 3 heterocycles. The van der Waals surface area contributed by atoms with Crippen molar-refractivity contribution in [3.63, 3.8) is 0 Å². The van der Waals surface area contributed by atoms with Gasteiger partial charge >= 0.3 is 0 Å². The second kappa shape index (κ2) is 5.57. The van der Waals surface area contributed by atoms with Gasteiger partial charge in [0.15, 0.2) is 0 Å². The summed E-state index contributed by atoms with van der Waals surface area (Å²) in [5.74, 6) is 0. The number of nitrogens with zero attached hydrogens (tertiary/aromatic N) is 2. The predicted octanol–water partition coefficient (Wildman–Crippen LogP) is 2.13. The lowest BCUT2D eigenvalue weighted by Gasteiger charge is -2.05. The zero-order chi connectivity index (χ0) is 20.6. The number of hydrogen-bond acceptors (Lipinski definition) is 5. The van der Waals surface area contributed by atoms with Crippen LogP contribution in [0.3, 0.4) is 0 Å². The van der Waals surface area contributed by atoms with Crippen LogP contribution >= 0.6 is 0 Å². The molecule has 0 spiro atoms. The Bertz CT molecular complexity index is 1810. The Balaban J connectivity index is 1.67. The number of H-pyrrole nitrogens is 1. The van der Waals surface area contributed by atoms with Crippen molar-refractivity contribution in [1.82, 2.24) is 14.5 Å². The lowest BCUT2D eigenvalue weighted by molar-refractivity contribution is 0.993. The van der Waals surface area contributed by atoms with Gasteiger partial charge < -0.3 is 0 Å². The molecule has 30 heavy (non-hydrogen) atoms. The largest absolute Gasteiger partial charge is 0.288 e. The minimum Gasteiger partial charge on any atom is -0.288 e. The van der Waals surface area contributed by atoms with E-state index in [9.17, 15) is 19.2 Å². The fourth-order valence-electron chi connectivity index (χ4n) is 4.03. The summed E-state index contributed by atoms with van der Waals surface area (Å²) < 4.78 is 1.05. The zero-order valence-electron chi connectivity index (χ0n) is 15.3. The van der Waals surface area contributed by atoms with Crippen molar-refractivity contribution in [3.8, 4) is 5.69 Å². The molecule has 0 aliphatic carbocycles. The van der Waals surface area contributed by atoms with Crippen molar-refractivity contribution in [2.75, 3.05) is 0 Å². The van der Waals surface area contributed by atoms with Crippen LogP contribution in [-0.4, -0.2) is 14.5 Å². The molecule has 0 unspecified atom stereocenters. The smallest absolute Gasteiger partial charge is 0.266 e. The van der Waals surface area contributed by atoms with Crippen LogP contribution in [0.1, 0.15) is 0 Å². The van der Waals surface area contributed by atoms with Crippen molar-refractivity contribution in [1.29, 1.82) is 0 Å². The van der Waals surface area contributed by atoms with Crippen LogP contribution in [-0.2, 0) is 0 Å². The van der Waals surface area contributed by atoms with Crippen molar-refractivity contribution in [3.05, 3.63) is 102 Å². The highest BCUT2D eigenvalue weighted by Crippen LogP contribution is 2.22. The molecule has 3 aromatic heterocycles. The summed E-state index contributed by atoms with van der Waals surface area (Å²) in [5.41, 5.74) is -0.371. The summed E-state index contributed by atoms with van der Waals surface area (Å²) in [5, 5.41) is 2.30. The molecule has 7 nitrogen and oxygen atoms in total. The van der Waals surface area contributed by atoms with Gasteiger partial charge in [-0.1, -0.05) is 24.3 Å². The number of aromatic nitrogens is 3. The number of rotatable bonds is 1. The van der Waals surface area contributed by atoms with Gasteiger partial charge in [-0.05, 0) is 36.4 Å². The predicted molar refractivity (Wildman–Crippen MR) is 115 cm³/mol. The molecule has 0 fully saturated rings. The number of hydrogen-bond donors (Lipinski definition) is 1. The van der Waals surface area contributed by atoms with Gasteiger partial charge in [-0.3, -0.25) is 24.2 Å². The second-order valence-electron chi connectivity index (χ2n) is 7.23. The molecule has 0 aliphatic heterocycles. The summed E-state index contributed by atoms with van der Waals surface area (Å²) in [6.07, 6.45) is 0. The quantitative estimate of drug-likeness (QED) is 0.431. The number of para-hydroxylation sites is 1. The SMILES string of the molecule is O=c1[nH]c(=O)c2cc3c(=O)n(-c4ccc5cc6ccccc6nc5c4)c(=O)c3cc12. The summed E-state index contributed by atoms with van der Waals surface area (Å²) in [4.78, 5) is 56.7. The second-order valence-corrected chi connectivity index (χ2v) is 7.23. The highest BCUT2D eigenvalue weighted by atomic mass is 16.2. The molecule has 0 atom stereocenters.